The first-order chi connectivity index (χ1) is 8.54. The summed E-state index contributed by atoms with van der Waals surface area (Å²) in [4.78, 5) is 0. The fourth-order valence-electron chi connectivity index (χ4n) is 1.73. The topological polar surface area (TPSA) is 69.4 Å². The van der Waals surface area contributed by atoms with E-state index in [1.807, 2.05) is 6.92 Å². The minimum atomic E-state index is -3.55. The first-order valence-electron chi connectivity index (χ1n) is 7.18. The molecule has 0 saturated heterocycles. The molecule has 1 unspecified atom stereocenters. The second-order valence-electron chi connectivity index (χ2n) is 4.76. The normalized spacial score (nSPS) is 13.0. The van der Waals surface area contributed by atoms with Gasteiger partial charge < -0.3 is 7.16 Å². The Morgan fingerprint density at radius 2 is 1.53 bits per heavy atom. The maximum atomic E-state index is 11.5. The largest absolute Gasteiger partial charge is 1.00 e. The van der Waals surface area contributed by atoms with Gasteiger partial charge in [-0.25, -0.2) is 0 Å². The third-order valence-corrected chi connectivity index (χ3v) is 4.39. The smallest absolute Gasteiger partial charge is 1.00 e. The average molecular weight is 303 g/mol. The summed E-state index contributed by atoms with van der Waals surface area (Å²) in [5, 5.41) is -0.861. The zero-order valence-corrected chi connectivity index (χ0v) is 15.7. The van der Waals surface area contributed by atoms with Gasteiger partial charge in [-0.3, -0.25) is 4.18 Å². The van der Waals surface area contributed by atoms with Crippen molar-refractivity contribution in [3.05, 3.63) is 0 Å². The summed E-state index contributed by atoms with van der Waals surface area (Å²) >= 11 is 0. The number of nitrogens with two attached hydrogens (primary N) is 1. The van der Waals surface area contributed by atoms with E-state index in [-0.39, 0.29) is 37.6 Å². The molecule has 0 aromatic carbocycles. The molecule has 0 heterocycles. The van der Waals surface area contributed by atoms with E-state index >= 15 is 0 Å². The van der Waals surface area contributed by atoms with Crippen LogP contribution in [0.2, 0.25) is 0 Å². The second kappa shape index (κ2) is 13.8. The molecule has 2 N–H and O–H groups in total. The monoisotopic (exact) mass is 303 g/mol. The van der Waals surface area contributed by atoms with Crippen LogP contribution in [-0.2, 0) is 14.3 Å². The van der Waals surface area contributed by atoms with E-state index in [1.54, 1.807) is 0 Å². The third-order valence-electron chi connectivity index (χ3n) is 2.91. The van der Waals surface area contributed by atoms with E-state index in [0.29, 0.717) is 12.8 Å². The van der Waals surface area contributed by atoms with Crippen LogP contribution in [0.15, 0.2) is 0 Å². The van der Waals surface area contributed by atoms with Crippen LogP contribution in [0.3, 0.4) is 0 Å². The zero-order chi connectivity index (χ0) is 13.9. The minimum Gasteiger partial charge on any atom is -1.00 e. The van der Waals surface area contributed by atoms with Crippen molar-refractivity contribution in [2.75, 3.05) is 6.61 Å². The summed E-state index contributed by atoms with van der Waals surface area (Å²) in [6.07, 6.45) is 9.33. The molecule has 0 fully saturated rings. The Bertz CT molecular complexity index is 289. The Hall–Kier alpha value is 0.870. The van der Waals surface area contributed by atoms with Crippen molar-refractivity contribution >= 4 is 10.1 Å². The Morgan fingerprint density at radius 1 is 1.00 bits per heavy atom. The Morgan fingerprint density at radius 3 is 2.05 bits per heavy atom. The van der Waals surface area contributed by atoms with Gasteiger partial charge in [-0.05, 0) is 12.8 Å². The summed E-state index contributed by atoms with van der Waals surface area (Å²) in [5.74, 6) is 0. The van der Waals surface area contributed by atoms with Crippen molar-refractivity contribution in [3.8, 4) is 0 Å². The van der Waals surface area contributed by atoms with Crippen LogP contribution in [0.1, 0.15) is 73.1 Å². The molecule has 0 bridgehead atoms. The molecule has 112 valence electrons. The predicted octanol–water partition coefficient (Wildman–Crippen LogP) is 0.285. The Balaban J connectivity index is -0.00000144. The summed E-state index contributed by atoms with van der Waals surface area (Å²) in [6.45, 7) is 4.30. The number of rotatable bonds is 12. The third kappa shape index (κ3) is 12.3. The molecule has 0 aliphatic rings. The quantitative estimate of drug-likeness (QED) is 0.319. The molecular formula is C13H30NNaO3S. The maximum Gasteiger partial charge on any atom is 1.00 e. The molecule has 0 radical (unpaired) electrons. The SMILES string of the molecule is CCCCCCCCCC(N)S(=O)(=O)OCCC.[H-].[Na+]. The summed E-state index contributed by atoms with van der Waals surface area (Å²) < 4.78 is 27.9. The molecule has 4 nitrogen and oxygen atoms in total. The van der Waals surface area contributed by atoms with Crippen molar-refractivity contribution in [1.29, 1.82) is 0 Å². The summed E-state index contributed by atoms with van der Waals surface area (Å²) in [6, 6.07) is 0. The van der Waals surface area contributed by atoms with Crippen LogP contribution >= 0.6 is 0 Å². The van der Waals surface area contributed by atoms with Crippen LogP contribution < -0.4 is 35.3 Å². The predicted molar refractivity (Wildman–Crippen MR) is 76.9 cm³/mol. The van der Waals surface area contributed by atoms with Crippen LogP contribution in [0.25, 0.3) is 0 Å². The molecule has 0 saturated carbocycles. The van der Waals surface area contributed by atoms with Gasteiger partial charge in [-0.1, -0.05) is 58.8 Å². The Labute approximate surface area is 142 Å². The molecule has 19 heavy (non-hydrogen) atoms. The fourth-order valence-corrected chi connectivity index (χ4v) is 2.76. The van der Waals surface area contributed by atoms with Crippen LogP contribution in [0.5, 0.6) is 0 Å². The molecule has 1 atom stereocenters. The maximum absolute atomic E-state index is 11.5. The number of hydrogen-bond acceptors (Lipinski definition) is 4. The Kier molecular flexibility index (Phi) is 16.1. The molecule has 0 aliphatic heterocycles. The van der Waals surface area contributed by atoms with Crippen molar-refractivity contribution in [3.63, 3.8) is 0 Å². The zero-order valence-electron chi connectivity index (χ0n) is 13.9. The fraction of sp³-hybridized carbons (Fsp3) is 1.00. The molecule has 0 rings (SSSR count). The van der Waals surface area contributed by atoms with Gasteiger partial charge in [0.25, 0.3) is 10.1 Å². The summed E-state index contributed by atoms with van der Waals surface area (Å²) in [7, 11) is -3.55. The summed E-state index contributed by atoms with van der Waals surface area (Å²) in [5.41, 5.74) is 5.64. The number of hydrogen-bond donors (Lipinski definition) is 1. The van der Waals surface area contributed by atoms with Gasteiger partial charge in [0.2, 0.25) is 0 Å². The van der Waals surface area contributed by atoms with E-state index < -0.39 is 15.5 Å². The molecule has 0 aliphatic carbocycles. The molecule has 6 heteroatoms. The van der Waals surface area contributed by atoms with E-state index in [2.05, 4.69) is 6.92 Å². The standard InChI is InChI=1S/C13H29NO3S.Na.H/c1-3-5-6-7-8-9-10-11-13(14)18(15,16)17-12-4-2;;/h13H,3-12,14H2,1-2H3;;/q;+1;-1. The van der Waals surface area contributed by atoms with Crippen molar-refractivity contribution in [2.45, 2.75) is 77.0 Å². The van der Waals surface area contributed by atoms with Gasteiger partial charge in [-0.2, -0.15) is 8.42 Å². The van der Waals surface area contributed by atoms with Crippen LogP contribution in [-0.4, -0.2) is 20.4 Å². The second-order valence-corrected chi connectivity index (χ2v) is 6.59. The van der Waals surface area contributed by atoms with Gasteiger partial charge in [0.05, 0.1) is 6.61 Å². The molecular weight excluding hydrogens is 273 g/mol. The van der Waals surface area contributed by atoms with Crippen molar-refractivity contribution in [2.24, 2.45) is 5.73 Å². The first-order valence-corrected chi connectivity index (χ1v) is 8.65. The van der Waals surface area contributed by atoms with Gasteiger partial charge in [0, 0.05) is 0 Å². The van der Waals surface area contributed by atoms with Gasteiger partial charge in [0.15, 0.2) is 0 Å². The van der Waals surface area contributed by atoms with Crippen LogP contribution in [0.4, 0.5) is 0 Å². The first kappa shape index (κ1) is 22.2. The van der Waals surface area contributed by atoms with Gasteiger partial charge in [0.1, 0.15) is 5.37 Å². The molecule has 0 aromatic heterocycles. The van der Waals surface area contributed by atoms with E-state index in [0.717, 1.165) is 12.8 Å². The molecule has 0 spiro atoms. The minimum absolute atomic E-state index is 0. The van der Waals surface area contributed by atoms with Gasteiger partial charge >= 0.3 is 29.6 Å². The van der Waals surface area contributed by atoms with Crippen molar-refractivity contribution < 1.29 is 43.6 Å². The molecule has 0 amide bonds. The molecule has 0 aromatic rings. The van der Waals surface area contributed by atoms with Crippen molar-refractivity contribution in [1.82, 2.24) is 0 Å². The van der Waals surface area contributed by atoms with E-state index in [1.165, 1.54) is 32.1 Å². The van der Waals surface area contributed by atoms with E-state index in [9.17, 15) is 8.42 Å². The number of unbranched alkanes of at least 4 members (excludes halogenated alkanes) is 6. The van der Waals surface area contributed by atoms with Crippen LogP contribution in [0, 0.1) is 0 Å². The van der Waals surface area contributed by atoms with Gasteiger partial charge in [-0.15, -0.1) is 0 Å². The van der Waals surface area contributed by atoms with E-state index in [4.69, 9.17) is 9.92 Å². The average Bonchev–Trinajstić information content (AvgIpc) is 2.35.